The van der Waals surface area contributed by atoms with E-state index in [1.807, 2.05) is 60.7 Å². The molecule has 2 rings (SSSR count). The van der Waals surface area contributed by atoms with Crippen molar-refractivity contribution < 1.29 is 27.0 Å². The first-order chi connectivity index (χ1) is 7.27. The van der Waals surface area contributed by atoms with Gasteiger partial charge in [0.25, 0.3) is 0 Å². The summed E-state index contributed by atoms with van der Waals surface area (Å²) in [4.78, 5) is 9.25. The predicted octanol–water partition coefficient (Wildman–Crippen LogP) is 3.07. The topological polar surface area (TPSA) is 37.3 Å². The molecular weight excluding hydrogens is 244 g/mol. The summed E-state index contributed by atoms with van der Waals surface area (Å²) in [7, 11) is 0. The molecule has 2 aromatic rings. The first kappa shape index (κ1) is 16.8. The van der Waals surface area contributed by atoms with Crippen LogP contribution in [0.25, 0.3) is 0 Å². The van der Waals surface area contributed by atoms with Gasteiger partial charge in [-0.25, -0.2) is 16.9 Å². The molecule has 0 atom stereocenters. The van der Waals surface area contributed by atoms with Crippen LogP contribution in [0.15, 0.2) is 73.3 Å². The van der Waals surface area contributed by atoms with Gasteiger partial charge in [-0.2, -0.15) is 18.2 Å². The Morgan fingerprint density at radius 1 is 1.06 bits per heavy atom. The minimum Gasteiger partial charge on any atom is -0.748 e. The number of carboxylic acids is 1. The van der Waals surface area contributed by atoms with Gasteiger partial charge in [-0.15, -0.1) is 0 Å². The van der Waals surface area contributed by atoms with Gasteiger partial charge in [-0.3, -0.25) is 0 Å². The van der Waals surface area contributed by atoms with E-state index in [0.29, 0.717) is 0 Å². The molecule has 0 unspecified atom stereocenters. The van der Waals surface area contributed by atoms with Crippen molar-refractivity contribution in [3.05, 3.63) is 73.3 Å². The Labute approximate surface area is 106 Å². The second-order valence-corrected chi connectivity index (χ2v) is 2.47. The van der Waals surface area contributed by atoms with E-state index in [1.54, 1.807) is 0 Å². The first-order valence-electron chi connectivity index (χ1n) is 4.46. The first-order valence-corrected chi connectivity index (χ1v) is 4.46. The van der Waals surface area contributed by atoms with Crippen molar-refractivity contribution >= 4 is 5.97 Å². The maximum Gasteiger partial charge on any atom is 0.327 e. The molecule has 0 spiro atoms. The molecule has 3 heteroatoms. The zero-order valence-electron chi connectivity index (χ0n) is 8.77. The second-order valence-electron chi connectivity index (χ2n) is 2.47. The van der Waals surface area contributed by atoms with Crippen LogP contribution in [-0.4, -0.2) is 11.1 Å². The van der Waals surface area contributed by atoms with Crippen molar-refractivity contribution in [2.45, 2.75) is 0 Å². The maximum absolute atomic E-state index is 9.25. The average Bonchev–Trinajstić information content (AvgIpc) is 2.96. The van der Waals surface area contributed by atoms with E-state index in [-0.39, 0.29) is 17.1 Å². The summed E-state index contributed by atoms with van der Waals surface area (Å²) >= 11 is 0. The van der Waals surface area contributed by atoms with Gasteiger partial charge in [-0.1, -0.05) is 6.58 Å². The summed E-state index contributed by atoms with van der Waals surface area (Å²) in [5, 5.41) is 7.60. The van der Waals surface area contributed by atoms with Crippen molar-refractivity contribution in [3.8, 4) is 0 Å². The van der Waals surface area contributed by atoms with E-state index in [1.165, 1.54) is 0 Å². The van der Waals surface area contributed by atoms with Crippen LogP contribution in [0.4, 0.5) is 0 Å². The Kier molecular flexibility index (Phi) is 14.1. The van der Waals surface area contributed by atoms with E-state index < -0.39 is 5.97 Å². The monoisotopic (exact) mass is 258 g/mol. The van der Waals surface area contributed by atoms with Crippen molar-refractivity contribution in [2.24, 2.45) is 0 Å². The van der Waals surface area contributed by atoms with Crippen LogP contribution in [-0.2, 0) is 21.9 Å². The van der Waals surface area contributed by atoms with Crippen LogP contribution < -0.4 is 0 Å². The molecular formula is C13H14FeO2-6. The summed E-state index contributed by atoms with van der Waals surface area (Å²) < 4.78 is 0. The molecule has 92 valence electrons. The van der Waals surface area contributed by atoms with Crippen LogP contribution in [0.5, 0.6) is 0 Å². The molecule has 0 aromatic heterocycles. The molecule has 0 saturated heterocycles. The Morgan fingerprint density at radius 3 is 1.50 bits per heavy atom. The zero-order chi connectivity index (χ0) is 11.4. The van der Waals surface area contributed by atoms with Crippen molar-refractivity contribution in [1.82, 2.24) is 0 Å². The van der Waals surface area contributed by atoms with Gasteiger partial charge in [0.1, 0.15) is 0 Å². The van der Waals surface area contributed by atoms with Gasteiger partial charge >= 0.3 is 5.97 Å². The third-order valence-corrected chi connectivity index (χ3v) is 1.29. The molecule has 1 N–H and O–H groups in total. The maximum atomic E-state index is 9.25. The summed E-state index contributed by atoms with van der Waals surface area (Å²) in [5.41, 5.74) is 0. The van der Waals surface area contributed by atoms with Gasteiger partial charge in [0.05, 0.1) is 0 Å². The predicted molar refractivity (Wildman–Crippen MR) is 61.9 cm³/mol. The quantitative estimate of drug-likeness (QED) is 0.485. The molecule has 16 heavy (non-hydrogen) atoms. The number of rotatable bonds is 1. The van der Waals surface area contributed by atoms with Gasteiger partial charge in [0.15, 0.2) is 0 Å². The molecule has 0 fully saturated rings. The van der Waals surface area contributed by atoms with Crippen molar-refractivity contribution in [1.29, 1.82) is 0 Å². The average molecular weight is 258 g/mol. The Hall–Kier alpha value is -1.57. The molecule has 2 aromatic carbocycles. The third kappa shape index (κ3) is 14.9. The molecule has 0 amide bonds. The molecule has 0 radical (unpaired) electrons. The standard InChI is InChI=1S/2C5H5.C3H4O2.Fe/c2*1-2-4-5-3-1;1-2-3(4)5;/h2*1-5H;2H,1H2,(H,4,5);/q-5;-1;;. The van der Waals surface area contributed by atoms with Gasteiger partial charge in [0, 0.05) is 23.1 Å². The minimum atomic E-state index is -0.981. The summed E-state index contributed by atoms with van der Waals surface area (Å²) in [6, 6.07) is 20.0. The fourth-order valence-electron chi connectivity index (χ4n) is 0.642. The SMILES string of the molecule is C=CC(=O)O.[Fe].[cH-]1[cH-][cH-][cH-][cH-]1.c1cc[cH-]c1. The van der Waals surface area contributed by atoms with E-state index in [9.17, 15) is 4.79 Å². The normalized spacial score (nSPS) is 7.00. The molecule has 0 aliphatic rings. The van der Waals surface area contributed by atoms with Crippen LogP contribution in [0.2, 0.25) is 0 Å². The largest absolute Gasteiger partial charge is 0.748 e. The minimum absolute atomic E-state index is 0. The van der Waals surface area contributed by atoms with Crippen molar-refractivity contribution in [3.63, 3.8) is 0 Å². The molecule has 0 aliphatic carbocycles. The molecule has 0 bridgehead atoms. The van der Waals surface area contributed by atoms with E-state index in [4.69, 9.17) is 5.11 Å². The van der Waals surface area contributed by atoms with Crippen LogP contribution in [0.3, 0.4) is 0 Å². The van der Waals surface area contributed by atoms with E-state index in [0.717, 1.165) is 6.08 Å². The Morgan fingerprint density at radius 2 is 1.38 bits per heavy atom. The summed E-state index contributed by atoms with van der Waals surface area (Å²) in [6.07, 6.45) is 0.833. The Bertz CT molecular complexity index is 262. The van der Waals surface area contributed by atoms with Gasteiger partial charge in [-0.05, 0) is 0 Å². The number of carbonyl (C=O) groups is 1. The zero-order valence-corrected chi connectivity index (χ0v) is 9.87. The fourth-order valence-corrected chi connectivity index (χ4v) is 0.642. The van der Waals surface area contributed by atoms with Crippen LogP contribution in [0, 0.1) is 0 Å². The number of aliphatic carboxylic acids is 1. The van der Waals surface area contributed by atoms with Crippen LogP contribution >= 0.6 is 0 Å². The molecule has 2 nitrogen and oxygen atoms in total. The molecule has 0 saturated carbocycles. The molecule has 0 heterocycles. The van der Waals surface area contributed by atoms with E-state index in [2.05, 4.69) is 6.58 Å². The van der Waals surface area contributed by atoms with Gasteiger partial charge < -0.3 is 35.4 Å². The number of hydrogen-bond acceptors (Lipinski definition) is 1. The smallest absolute Gasteiger partial charge is 0.327 e. The fraction of sp³-hybridized carbons (Fsp3) is 0. The Balaban J connectivity index is 0. The second kappa shape index (κ2) is 13.4. The van der Waals surface area contributed by atoms with E-state index >= 15 is 0 Å². The summed E-state index contributed by atoms with van der Waals surface area (Å²) in [5.74, 6) is -0.981. The van der Waals surface area contributed by atoms with Crippen molar-refractivity contribution in [2.75, 3.05) is 0 Å². The van der Waals surface area contributed by atoms with Crippen LogP contribution in [0.1, 0.15) is 0 Å². The number of hydrogen-bond donors (Lipinski definition) is 1. The number of carboxylic acid groups (broad SMARTS) is 1. The summed E-state index contributed by atoms with van der Waals surface area (Å²) in [6.45, 7) is 2.96. The third-order valence-electron chi connectivity index (χ3n) is 1.29. The van der Waals surface area contributed by atoms with Gasteiger partial charge in [0.2, 0.25) is 0 Å². The molecule has 0 aliphatic heterocycles.